The fraction of sp³-hybridized carbons (Fsp3) is 0.111. The van der Waals surface area contributed by atoms with E-state index in [1.165, 1.54) is 6.07 Å². The van der Waals surface area contributed by atoms with Crippen molar-refractivity contribution in [3.63, 3.8) is 0 Å². The Hall–Kier alpha value is -1.53. The first-order valence-electron chi connectivity index (χ1n) is 7.41. The Morgan fingerprint density at radius 3 is 2.88 bits per heavy atom. The lowest BCUT2D eigenvalue weighted by molar-refractivity contribution is 0.559. The molecule has 7 heteroatoms. The molecule has 2 heterocycles. The molecule has 2 aromatic carbocycles. The van der Waals surface area contributed by atoms with Crippen LogP contribution in [0.15, 0.2) is 49.9 Å². The van der Waals surface area contributed by atoms with Crippen molar-refractivity contribution in [3.8, 4) is 0 Å². The third-order valence-electron chi connectivity index (χ3n) is 3.79. The number of thioether (sulfide) groups is 1. The molecule has 0 fully saturated rings. The maximum atomic E-state index is 11.9. The minimum atomic E-state index is -0.360. The lowest BCUT2D eigenvalue weighted by Crippen LogP contribution is -2.00. The lowest BCUT2D eigenvalue weighted by Gasteiger charge is -2.06. The van der Waals surface area contributed by atoms with Gasteiger partial charge in [-0.3, -0.25) is 0 Å². The largest absolute Gasteiger partial charge is 0.423 e. The van der Waals surface area contributed by atoms with E-state index in [1.54, 1.807) is 29.2 Å². The molecule has 2 aromatic heterocycles. The molecule has 0 saturated heterocycles. The van der Waals surface area contributed by atoms with Gasteiger partial charge in [-0.05, 0) is 48.4 Å². The first-order chi connectivity index (χ1) is 12.0. The van der Waals surface area contributed by atoms with Crippen LogP contribution in [0, 0.1) is 6.92 Å². The number of fused-ring (bicyclic) bond motifs is 2. The summed E-state index contributed by atoms with van der Waals surface area (Å²) in [5, 5.41) is 2.18. The van der Waals surface area contributed by atoms with Crippen LogP contribution in [0.3, 0.4) is 0 Å². The number of aryl methyl sites for hydroxylation is 1. The van der Waals surface area contributed by atoms with E-state index in [-0.39, 0.29) is 5.63 Å². The van der Waals surface area contributed by atoms with Crippen molar-refractivity contribution < 1.29 is 4.42 Å². The summed E-state index contributed by atoms with van der Waals surface area (Å²) in [6.45, 7) is 1.88. The van der Waals surface area contributed by atoms with Gasteiger partial charge in [-0.25, -0.2) is 9.78 Å². The van der Waals surface area contributed by atoms with Crippen molar-refractivity contribution in [2.24, 2.45) is 0 Å². The van der Waals surface area contributed by atoms with Crippen molar-refractivity contribution in [3.05, 3.63) is 68.0 Å². The van der Waals surface area contributed by atoms with Gasteiger partial charge in [-0.2, -0.15) is 0 Å². The highest BCUT2D eigenvalue weighted by Gasteiger charge is 2.11. The van der Waals surface area contributed by atoms with Gasteiger partial charge >= 0.3 is 5.63 Å². The average Bonchev–Trinajstić information content (AvgIpc) is 2.96. The molecule has 0 bridgehead atoms. The van der Waals surface area contributed by atoms with E-state index in [0.29, 0.717) is 21.4 Å². The standard InChI is InChI=1S/C18H11Cl2NO2S2/c1-9-4-15-12(7-13(9)20)10(5-17(22)23-15)8-24-18-21-14-6-11(19)2-3-16(14)25-18/h2-7H,8H2,1H3. The zero-order valence-corrected chi connectivity index (χ0v) is 16.2. The van der Waals surface area contributed by atoms with E-state index in [4.69, 9.17) is 27.6 Å². The average molecular weight is 408 g/mol. The molecule has 4 aromatic rings. The number of halogens is 2. The molecule has 0 unspecified atom stereocenters. The number of thiazole rings is 1. The zero-order chi connectivity index (χ0) is 17.6. The van der Waals surface area contributed by atoms with E-state index >= 15 is 0 Å². The number of aromatic nitrogens is 1. The van der Waals surface area contributed by atoms with Crippen molar-refractivity contribution in [2.45, 2.75) is 17.0 Å². The molecule has 0 N–H and O–H groups in total. The number of benzene rings is 2. The Morgan fingerprint density at radius 1 is 1.20 bits per heavy atom. The molecular weight excluding hydrogens is 397 g/mol. The van der Waals surface area contributed by atoms with E-state index in [0.717, 1.165) is 31.1 Å². The van der Waals surface area contributed by atoms with Gasteiger partial charge in [0.25, 0.3) is 0 Å². The summed E-state index contributed by atoms with van der Waals surface area (Å²) in [5.74, 6) is 0.606. The highest BCUT2D eigenvalue weighted by Crippen LogP contribution is 2.34. The number of nitrogens with zero attached hydrogens (tertiary/aromatic N) is 1. The second-order valence-electron chi connectivity index (χ2n) is 5.57. The van der Waals surface area contributed by atoms with Gasteiger partial charge < -0.3 is 4.42 Å². The molecular formula is C18H11Cl2NO2S2. The summed E-state index contributed by atoms with van der Waals surface area (Å²) in [5.41, 5.74) is 2.85. The monoisotopic (exact) mass is 407 g/mol. The molecule has 3 nitrogen and oxygen atoms in total. The summed E-state index contributed by atoms with van der Waals surface area (Å²) in [6.07, 6.45) is 0. The molecule has 0 aliphatic carbocycles. The third-order valence-corrected chi connectivity index (χ3v) is 6.66. The SMILES string of the molecule is Cc1cc2oc(=O)cc(CSc3nc4cc(Cl)ccc4s3)c2cc1Cl. The van der Waals surface area contributed by atoms with Gasteiger partial charge in [-0.1, -0.05) is 35.0 Å². The molecule has 0 spiro atoms. The quantitative estimate of drug-likeness (QED) is 0.294. The highest BCUT2D eigenvalue weighted by atomic mass is 35.5. The Balaban J connectivity index is 1.69. The number of hydrogen-bond acceptors (Lipinski definition) is 5. The van der Waals surface area contributed by atoms with Gasteiger partial charge in [0, 0.05) is 27.3 Å². The van der Waals surface area contributed by atoms with Crippen LogP contribution in [0.2, 0.25) is 10.0 Å². The first-order valence-corrected chi connectivity index (χ1v) is 9.97. The van der Waals surface area contributed by atoms with Crippen LogP contribution in [-0.2, 0) is 5.75 Å². The highest BCUT2D eigenvalue weighted by molar-refractivity contribution is 8.00. The maximum Gasteiger partial charge on any atom is 0.336 e. The fourth-order valence-electron chi connectivity index (χ4n) is 2.55. The summed E-state index contributed by atoms with van der Waals surface area (Å²) in [6, 6.07) is 10.8. The van der Waals surface area contributed by atoms with Crippen molar-refractivity contribution >= 4 is 67.5 Å². The van der Waals surface area contributed by atoms with Crippen LogP contribution in [0.4, 0.5) is 0 Å². The first kappa shape index (κ1) is 16.9. The Labute approximate surface area is 161 Å². The topological polar surface area (TPSA) is 43.1 Å². The summed E-state index contributed by atoms with van der Waals surface area (Å²) >= 11 is 15.4. The normalized spacial score (nSPS) is 11.5. The van der Waals surface area contributed by atoms with E-state index < -0.39 is 0 Å². The third kappa shape index (κ3) is 3.42. The predicted molar refractivity (Wildman–Crippen MR) is 106 cm³/mol. The summed E-state index contributed by atoms with van der Waals surface area (Å²) in [4.78, 5) is 16.4. The molecule has 0 amide bonds. The summed E-state index contributed by atoms with van der Waals surface area (Å²) in [7, 11) is 0. The molecule has 25 heavy (non-hydrogen) atoms. The maximum absolute atomic E-state index is 11.9. The van der Waals surface area contributed by atoms with Crippen LogP contribution in [0.5, 0.6) is 0 Å². The molecule has 126 valence electrons. The van der Waals surface area contributed by atoms with Crippen LogP contribution < -0.4 is 5.63 Å². The Kier molecular flexibility index (Phi) is 4.50. The van der Waals surface area contributed by atoms with Crippen LogP contribution in [0.1, 0.15) is 11.1 Å². The lowest BCUT2D eigenvalue weighted by atomic mass is 10.1. The fourth-order valence-corrected chi connectivity index (χ4v) is 4.92. The molecule has 0 aliphatic rings. The number of hydrogen-bond donors (Lipinski definition) is 0. The molecule has 0 aliphatic heterocycles. The zero-order valence-electron chi connectivity index (χ0n) is 13.0. The second-order valence-corrected chi connectivity index (χ2v) is 8.67. The van der Waals surface area contributed by atoms with Crippen LogP contribution in [-0.4, -0.2) is 4.98 Å². The van der Waals surface area contributed by atoms with Gasteiger partial charge in [-0.15, -0.1) is 11.3 Å². The Morgan fingerprint density at radius 2 is 2.04 bits per heavy atom. The van der Waals surface area contributed by atoms with Crippen molar-refractivity contribution in [2.75, 3.05) is 0 Å². The van der Waals surface area contributed by atoms with Crippen LogP contribution >= 0.6 is 46.3 Å². The van der Waals surface area contributed by atoms with Crippen LogP contribution in [0.25, 0.3) is 21.2 Å². The molecule has 0 saturated carbocycles. The minimum absolute atomic E-state index is 0.360. The smallest absolute Gasteiger partial charge is 0.336 e. The number of rotatable bonds is 3. The van der Waals surface area contributed by atoms with Gasteiger partial charge in [0.05, 0.1) is 10.2 Å². The molecule has 0 atom stereocenters. The van der Waals surface area contributed by atoms with Crippen molar-refractivity contribution in [1.29, 1.82) is 0 Å². The van der Waals surface area contributed by atoms with E-state index in [9.17, 15) is 4.79 Å². The van der Waals surface area contributed by atoms with Gasteiger partial charge in [0.1, 0.15) is 5.58 Å². The molecule has 0 radical (unpaired) electrons. The van der Waals surface area contributed by atoms with E-state index in [1.807, 2.05) is 31.2 Å². The second kappa shape index (κ2) is 6.65. The Bertz CT molecular complexity index is 1170. The molecule has 4 rings (SSSR count). The van der Waals surface area contributed by atoms with Gasteiger partial charge in [0.2, 0.25) is 0 Å². The van der Waals surface area contributed by atoms with Crippen molar-refractivity contribution in [1.82, 2.24) is 4.98 Å². The van der Waals surface area contributed by atoms with E-state index in [2.05, 4.69) is 4.98 Å². The van der Waals surface area contributed by atoms with Gasteiger partial charge in [0.15, 0.2) is 4.34 Å². The predicted octanol–water partition coefficient (Wildman–Crippen LogP) is 6.31. The minimum Gasteiger partial charge on any atom is -0.423 e. The summed E-state index contributed by atoms with van der Waals surface area (Å²) < 4.78 is 7.31.